The maximum atomic E-state index is 10.4. The second kappa shape index (κ2) is 5.08. The number of epoxide rings is 1. The van der Waals surface area contributed by atoms with Gasteiger partial charge in [-0.2, -0.15) is 0 Å². The van der Waals surface area contributed by atoms with Crippen molar-refractivity contribution in [3.05, 3.63) is 12.7 Å². The molecular formula is C20H34O2. The predicted molar refractivity (Wildman–Crippen MR) is 90.7 cm³/mol. The van der Waals surface area contributed by atoms with Crippen LogP contribution in [0.5, 0.6) is 0 Å². The maximum absolute atomic E-state index is 10.4. The van der Waals surface area contributed by atoms with Crippen LogP contribution in [0.15, 0.2) is 12.7 Å². The van der Waals surface area contributed by atoms with Gasteiger partial charge in [-0.05, 0) is 68.1 Å². The molecule has 1 N–H and O–H groups in total. The van der Waals surface area contributed by atoms with Crippen LogP contribution in [0.2, 0.25) is 0 Å². The highest BCUT2D eigenvalue weighted by Crippen LogP contribution is 2.66. The molecule has 5 atom stereocenters. The average Bonchev–Trinajstić information content (AvgIpc) is 3.17. The van der Waals surface area contributed by atoms with E-state index in [1.54, 1.807) is 6.08 Å². The number of ether oxygens (including phenoxy) is 1. The first-order chi connectivity index (χ1) is 10.2. The molecule has 2 saturated carbocycles. The monoisotopic (exact) mass is 306 g/mol. The van der Waals surface area contributed by atoms with E-state index >= 15 is 0 Å². The van der Waals surface area contributed by atoms with Gasteiger partial charge in [0.1, 0.15) is 0 Å². The van der Waals surface area contributed by atoms with Gasteiger partial charge in [-0.3, -0.25) is 0 Å². The Kier molecular flexibility index (Phi) is 3.81. The molecule has 3 aliphatic rings. The van der Waals surface area contributed by atoms with E-state index < -0.39 is 5.60 Å². The second-order valence-electron chi connectivity index (χ2n) is 9.45. The first kappa shape index (κ1) is 16.5. The molecule has 3 fully saturated rings. The summed E-state index contributed by atoms with van der Waals surface area (Å²) in [5, 5.41) is 10.4. The highest BCUT2D eigenvalue weighted by Gasteiger charge is 2.64. The van der Waals surface area contributed by atoms with Crippen molar-refractivity contribution >= 4 is 0 Å². The molecule has 0 aromatic rings. The average molecular weight is 306 g/mol. The van der Waals surface area contributed by atoms with E-state index in [0.717, 1.165) is 25.4 Å². The van der Waals surface area contributed by atoms with Crippen LogP contribution in [0.4, 0.5) is 0 Å². The molecule has 0 radical (unpaired) electrons. The number of rotatable bonds is 4. The Morgan fingerprint density at radius 3 is 2.55 bits per heavy atom. The highest BCUT2D eigenvalue weighted by molar-refractivity contribution is 5.13. The second-order valence-corrected chi connectivity index (χ2v) is 9.45. The number of hydrogen-bond acceptors (Lipinski definition) is 2. The first-order valence-corrected chi connectivity index (χ1v) is 9.15. The van der Waals surface area contributed by atoms with Gasteiger partial charge in [-0.15, -0.1) is 6.58 Å². The molecule has 1 saturated heterocycles. The van der Waals surface area contributed by atoms with Crippen molar-refractivity contribution in [3.8, 4) is 0 Å². The Labute approximate surface area is 136 Å². The summed E-state index contributed by atoms with van der Waals surface area (Å²) in [5.74, 6) is 1.38. The zero-order valence-corrected chi connectivity index (χ0v) is 15.0. The Morgan fingerprint density at radius 1 is 1.27 bits per heavy atom. The van der Waals surface area contributed by atoms with Gasteiger partial charge in [-0.25, -0.2) is 0 Å². The van der Waals surface area contributed by atoms with Crippen molar-refractivity contribution in [1.82, 2.24) is 0 Å². The van der Waals surface area contributed by atoms with Gasteiger partial charge in [0.05, 0.1) is 17.8 Å². The minimum Gasteiger partial charge on any atom is -0.386 e. The number of fused-ring (bicyclic) bond motifs is 1. The molecule has 1 aliphatic heterocycles. The van der Waals surface area contributed by atoms with E-state index in [1.807, 2.05) is 6.92 Å². The van der Waals surface area contributed by atoms with E-state index in [4.69, 9.17) is 4.74 Å². The summed E-state index contributed by atoms with van der Waals surface area (Å²) in [4.78, 5) is 0. The minimum absolute atomic E-state index is 0.135. The normalized spacial score (nSPS) is 45.9. The van der Waals surface area contributed by atoms with Gasteiger partial charge in [0, 0.05) is 0 Å². The summed E-state index contributed by atoms with van der Waals surface area (Å²) in [7, 11) is 0. The van der Waals surface area contributed by atoms with Crippen LogP contribution < -0.4 is 0 Å². The van der Waals surface area contributed by atoms with Gasteiger partial charge >= 0.3 is 0 Å². The van der Waals surface area contributed by atoms with Crippen LogP contribution >= 0.6 is 0 Å². The van der Waals surface area contributed by atoms with Crippen molar-refractivity contribution < 1.29 is 9.84 Å². The van der Waals surface area contributed by atoms with Gasteiger partial charge in [-0.1, -0.05) is 33.3 Å². The summed E-state index contributed by atoms with van der Waals surface area (Å²) in [5.41, 5.74) is 0.204. The van der Waals surface area contributed by atoms with Crippen molar-refractivity contribution in [2.75, 3.05) is 6.61 Å². The summed E-state index contributed by atoms with van der Waals surface area (Å²) in [6.07, 6.45) is 10.1. The van der Waals surface area contributed by atoms with Gasteiger partial charge < -0.3 is 9.84 Å². The summed E-state index contributed by atoms with van der Waals surface area (Å²) >= 11 is 0. The lowest BCUT2D eigenvalue weighted by molar-refractivity contribution is -0.111. The lowest BCUT2D eigenvalue weighted by atomic mass is 9.45. The van der Waals surface area contributed by atoms with Crippen molar-refractivity contribution in [1.29, 1.82) is 0 Å². The van der Waals surface area contributed by atoms with E-state index in [1.165, 1.54) is 32.1 Å². The smallest absolute Gasteiger partial charge is 0.0949 e. The Bertz CT molecular complexity index is 447. The van der Waals surface area contributed by atoms with Crippen LogP contribution in [0, 0.1) is 22.7 Å². The van der Waals surface area contributed by atoms with Crippen LogP contribution in [-0.4, -0.2) is 22.9 Å². The zero-order chi connectivity index (χ0) is 16.2. The standard InChI is InChI=1S/C20H34O2/c1-6-18(4,21)12-8-16-19(5)11-7-10-17(2,3)15(19)9-13-20(16)14-22-20/h6,15-16,21H,1,7-14H2,2-5H3. The number of aliphatic hydroxyl groups is 1. The molecule has 126 valence electrons. The van der Waals surface area contributed by atoms with E-state index in [0.29, 0.717) is 16.7 Å². The van der Waals surface area contributed by atoms with Gasteiger partial charge in [0.15, 0.2) is 0 Å². The van der Waals surface area contributed by atoms with Gasteiger partial charge in [0.2, 0.25) is 0 Å². The van der Waals surface area contributed by atoms with Crippen LogP contribution in [0.25, 0.3) is 0 Å². The van der Waals surface area contributed by atoms with E-state index in [2.05, 4.69) is 27.4 Å². The summed E-state index contributed by atoms with van der Waals surface area (Å²) in [6, 6.07) is 0. The van der Waals surface area contributed by atoms with E-state index in [9.17, 15) is 5.11 Å². The Balaban J connectivity index is 1.85. The molecule has 2 heteroatoms. The molecule has 0 bridgehead atoms. The third-order valence-corrected chi connectivity index (χ3v) is 7.46. The van der Waals surface area contributed by atoms with Crippen LogP contribution in [0.3, 0.4) is 0 Å². The fourth-order valence-corrected chi connectivity index (χ4v) is 6.04. The van der Waals surface area contributed by atoms with E-state index in [-0.39, 0.29) is 5.60 Å². The molecule has 2 nitrogen and oxygen atoms in total. The van der Waals surface area contributed by atoms with Gasteiger partial charge in [0.25, 0.3) is 0 Å². The van der Waals surface area contributed by atoms with Crippen molar-refractivity contribution in [2.45, 2.75) is 83.8 Å². The predicted octanol–water partition coefficient (Wildman–Crippen LogP) is 4.72. The fourth-order valence-electron chi connectivity index (χ4n) is 6.04. The minimum atomic E-state index is -0.746. The molecule has 0 aromatic carbocycles. The molecule has 1 heterocycles. The lowest BCUT2D eigenvalue weighted by Gasteiger charge is -2.59. The molecule has 22 heavy (non-hydrogen) atoms. The molecular weight excluding hydrogens is 272 g/mol. The Morgan fingerprint density at radius 2 is 1.95 bits per heavy atom. The van der Waals surface area contributed by atoms with Crippen LogP contribution in [0.1, 0.15) is 72.6 Å². The first-order valence-electron chi connectivity index (χ1n) is 9.15. The Hall–Kier alpha value is -0.340. The zero-order valence-electron chi connectivity index (χ0n) is 15.0. The maximum Gasteiger partial charge on any atom is 0.0949 e. The summed E-state index contributed by atoms with van der Waals surface area (Å²) < 4.78 is 6.02. The topological polar surface area (TPSA) is 32.8 Å². The molecule has 1 spiro atoms. The molecule has 5 unspecified atom stereocenters. The molecule has 0 aromatic heterocycles. The quantitative estimate of drug-likeness (QED) is 0.602. The number of hydrogen-bond donors (Lipinski definition) is 1. The molecule has 2 aliphatic carbocycles. The van der Waals surface area contributed by atoms with Crippen molar-refractivity contribution in [3.63, 3.8) is 0 Å². The van der Waals surface area contributed by atoms with Crippen molar-refractivity contribution in [2.24, 2.45) is 22.7 Å². The van der Waals surface area contributed by atoms with Crippen LogP contribution in [-0.2, 0) is 4.74 Å². The third-order valence-electron chi connectivity index (χ3n) is 7.46. The lowest BCUT2D eigenvalue weighted by Crippen LogP contribution is -2.54. The molecule has 0 amide bonds. The largest absolute Gasteiger partial charge is 0.386 e. The SMILES string of the molecule is C=CC(C)(O)CCC1C2(CCC3C(C)(C)CCCC31C)CO2. The summed E-state index contributed by atoms with van der Waals surface area (Å²) in [6.45, 7) is 14.1. The fraction of sp³-hybridized carbons (Fsp3) is 0.900. The third kappa shape index (κ3) is 2.57. The highest BCUT2D eigenvalue weighted by atomic mass is 16.6. The molecule has 3 rings (SSSR count).